The standard InChI is InChI=1S/C18H19F2N3O4S/c1-2-23(10-16(24)21-9-13-4-3-7-28-13)11-17(25)22-12-5-6-14-15(8-12)27-18(19,20)26-14/h3-8H,2,9-11H2,1H3,(H,21,24)(H,22,25)/p+1. The summed E-state index contributed by atoms with van der Waals surface area (Å²) < 4.78 is 34.8. The predicted molar refractivity (Wildman–Crippen MR) is 98.7 cm³/mol. The Hall–Kier alpha value is -2.72. The molecule has 0 aliphatic carbocycles. The summed E-state index contributed by atoms with van der Waals surface area (Å²) in [5.74, 6) is -0.724. The minimum atomic E-state index is -3.70. The van der Waals surface area contributed by atoms with E-state index in [2.05, 4.69) is 20.1 Å². The van der Waals surface area contributed by atoms with Gasteiger partial charge in [0.25, 0.3) is 11.8 Å². The fourth-order valence-electron chi connectivity index (χ4n) is 2.66. The number of thiophene rings is 1. The summed E-state index contributed by atoms with van der Waals surface area (Å²) in [5, 5.41) is 7.38. The minimum Gasteiger partial charge on any atom is -0.395 e. The third-order valence-electron chi connectivity index (χ3n) is 4.05. The quantitative estimate of drug-likeness (QED) is 0.609. The van der Waals surface area contributed by atoms with Crippen molar-refractivity contribution in [3.63, 3.8) is 0 Å². The molecule has 1 unspecified atom stereocenters. The Morgan fingerprint density at radius 3 is 2.61 bits per heavy atom. The second kappa shape index (κ2) is 8.53. The molecule has 1 aliphatic rings. The molecule has 3 N–H and O–H groups in total. The zero-order chi connectivity index (χ0) is 20.1. The van der Waals surface area contributed by atoms with E-state index < -0.39 is 6.29 Å². The number of alkyl halides is 2. The number of benzene rings is 1. The van der Waals surface area contributed by atoms with E-state index >= 15 is 0 Å². The van der Waals surface area contributed by atoms with Crippen molar-refractivity contribution in [3.8, 4) is 11.5 Å². The molecule has 28 heavy (non-hydrogen) atoms. The second-order valence-electron chi connectivity index (χ2n) is 6.19. The highest BCUT2D eigenvalue weighted by atomic mass is 32.1. The van der Waals surface area contributed by atoms with E-state index in [-0.39, 0.29) is 36.4 Å². The maximum absolute atomic E-state index is 13.1. The van der Waals surface area contributed by atoms with Crippen LogP contribution in [0.1, 0.15) is 11.8 Å². The van der Waals surface area contributed by atoms with Gasteiger partial charge in [0.2, 0.25) is 0 Å². The first kappa shape index (κ1) is 20.0. The van der Waals surface area contributed by atoms with E-state index in [4.69, 9.17) is 0 Å². The Bertz CT molecular complexity index is 845. The van der Waals surface area contributed by atoms with Crippen LogP contribution in [0.3, 0.4) is 0 Å². The van der Waals surface area contributed by atoms with Crippen molar-refractivity contribution >= 4 is 28.8 Å². The van der Waals surface area contributed by atoms with Gasteiger partial charge in [0.15, 0.2) is 24.6 Å². The number of hydrogen-bond donors (Lipinski definition) is 3. The first-order valence-corrected chi connectivity index (χ1v) is 9.55. The first-order valence-electron chi connectivity index (χ1n) is 8.67. The topological polar surface area (TPSA) is 81.1 Å². The Balaban J connectivity index is 1.48. The zero-order valence-electron chi connectivity index (χ0n) is 15.1. The fraction of sp³-hybridized carbons (Fsp3) is 0.333. The van der Waals surface area contributed by atoms with E-state index in [1.807, 2.05) is 24.4 Å². The molecular formula is C18H20F2N3O4S+. The number of rotatable bonds is 8. The molecule has 3 rings (SSSR count). The fourth-order valence-corrected chi connectivity index (χ4v) is 3.30. The van der Waals surface area contributed by atoms with Gasteiger partial charge in [0.1, 0.15) is 0 Å². The third-order valence-corrected chi connectivity index (χ3v) is 4.92. The lowest BCUT2D eigenvalue weighted by atomic mass is 10.2. The SMILES string of the molecule is CC[NH+](CC(=O)NCc1cccs1)CC(=O)Nc1ccc2c(c1)OC(F)(F)O2. The molecule has 0 spiro atoms. The van der Waals surface area contributed by atoms with Gasteiger partial charge in [-0.25, -0.2) is 0 Å². The average molecular weight is 412 g/mol. The van der Waals surface area contributed by atoms with Gasteiger partial charge in [-0.15, -0.1) is 20.1 Å². The van der Waals surface area contributed by atoms with Gasteiger partial charge >= 0.3 is 6.29 Å². The van der Waals surface area contributed by atoms with Gasteiger partial charge in [0, 0.05) is 16.6 Å². The van der Waals surface area contributed by atoms with Gasteiger partial charge in [0.05, 0.1) is 13.1 Å². The van der Waals surface area contributed by atoms with Crippen molar-refractivity contribution in [2.75, 3.05) is 25.0 Å². The highest BCUT2D eigenvalue weighted by Gasteiger charge is 2.43. The summed E-state index contributed by atoms with van der Waals surface area (Å²) in [6.45, 7) is 3.13. The lowest BCUT2D eigenvalue weighted by Gasteiger charge is -2.17. The van der Waals surface area contributed by atoms with Gasteiger partial charge in [-0.3, -0.25) is 9.59 Å². The number of amides is 2. The molecule has 150 valence electrons. The molecule has 1 aliphatic heterocycles. The number of hydrogen-bond acceptors (Lipinski definition) is 5. The summed E-state index contributed by atoms with van der Waals surface area (Å²) in [7, 11) is 0. The van der Waals surface area contributed by atoms with Crippen molar-refractivity contribution in [3.05, 3.63) is 40.6 Å². The molecule has 1 aromatic heterocycles. The number of carbonyl (C=O) groups excluding carboxylic acids is 2. The Morgan fingerprint density at radius 1 is 1.14 bits per heavy atom. The van der Waals surface area contributed by atoms with E-state index in [0.717, 1.165) is 9.78 Å². The highest BCUT2D eigenvalue weighted by Crippen LogP contribution is 2.42. The van der Waals surface area contributed by atoms with Crippen LogP contribution in [0.4, 0.5) is 14.5 Å². The molecule has 0 fully saturated rings. The summed E-state index contributed by atoms with van der Waals surface area (Å²) in [5.41, 5.74) is 0.308. The Labute approximate surface area is 164 Å². The van der Waals surface area contributed by atoms with E-state index in [1.165, 1.54) is 18.2 Å². The molecule has 7 nitrogen and oxygen atoms in total. The summed E-state index contributed by atoms with van der Waals surface area (Å²) in [6, 6.07) is 7.87. The largest absolute Gasteiger partial charge is 0.586 e. The number of fused-ring (bicyclic) bond motifs is 1. The van der Waals surface area contributed by atoms with Crippen molar-refractivity contribution in [1.82, 2.24) is 5.32 Å². The lowest BCUT2D eigenvalue weighted by Crippen LogP contribution is -3.13. The summed E-state index contributed by atoms with van der Waals surface area (Å²) in [6.07, 6.45) is -3.70. The average Bonchev–Trinajstić information content (AvgIpc) is 3.24. The Kier molecular flexibility index (Phi) is 6.10. The number of halogens is 2. The minimum absolute atomic E-state index is 0.0630. The first-order chi connectivity index (χ1) is 13.3. The van der Waals surface area contributed by atoms with Crippen LogP contribution in [0, 0.1) is 0 Å². The molecule has 0 saturated carbocycles. The highest BCUT2D eigenvalue weighted by molar-refractivity contribution is 7.09. The smallest absolute Gasteiger partial charge is 0.395 e. The second-order valence-corrected chi connectivity index (χ2v) is 7.22. The number of likely N-dealkylation sites (N-methyl/N-ethyl adjacent to an activating group) is 1. The molecule has 0 saturated heterocycles. The van der Waals surface area contributed by atoms with Crippen molar-refractivity contribution in [2.24, 2.45) is 0 Å². The molecule has 1 aromatic carbocycles. The molecule has 2 amide bonds. The summed E-state index contributed by atoms with van der Waals surface area (Å²) in [4.78, 5) is 26.2. The van der Waals surface area contributed by atoms with Gasteiger partial charge < -0.3 is 25.0 Å². The van der Waals surface area contributed by atoms with Crippen LogP contribution in [-0.4, -0.2) is 37.7 Å². The number of anilines is 1. The zero-order valence-corrected chi connectivity index (χ0v) is 15.9. The van der Waals surface area contributed by atoms with E-state index in [1.54, 1.807) is 11.3 Å². The molecule has 0 radical (unpaired) electrons. The number of ether oxygens (including phenoxy) is 2. The van der Waals surface area contributed by atoms with Gasteiger partial charge in [-0.2, -0.15) is 0 Å². The maximum Gasteiger partial charge on any atom is 0.586 e. The molecule has 2 heterocycles. The van der Waals surface area contributed by atoms with Crippen molar-refractivity contribution in [1.29, 1.82) is 0 Å². The number of nitrogens with one attached hydrogen (secondary N) is 3. The van der Waals surface area contributed by atoms with Crippen LogP contribution in [0.5, 0.6) is 11.5 Å². The number of carbonyl (C=O) groups is 2. The van der Waals surface area contributed by atoms with E-state index in [0.29, 0.717) is 18.8 Å². The Morgan fingerprint density at radius 2 is 1.89 bits per heavy atom. The summed E-state index contributed by atoms with van der Waals surface area (Å²) >= 11 is 1.56. The van der Waals surface area contributed by atoms with Crippen LogP contribution in [-0.2, 0) is 16.1 Å². The van der Waals surface area contributed by atoms with Crippen molar-refractivity contribution in [2.45, 2.75) is 19.8 Å². The van der Waals surface area contributed by atoms with E-state index in [9.17, 15) is 18.4 Å². The molecule has 10 heteroatoms. The van der Waals surface area contributed by atoms with Crippen LogP contribution < -0.4 is 25.0 Å². The predicted octanol–water partition coefficient (Wildman–Crippen LogP) is 1.23. The molecular weight excluding hydrogens is 392 g/mol. The third kappa shape index (κ3) is 5.40. The lowest BCUT2D eigenvalue weighted by molar-refractivity contribution is -0.881. The van der Waals surface area contributed by atoms with Crippen LogP contribution in [0.2, 0.25) is 0 Å². The van der Waals surface area contributed by atoms with Crippen LogP contribution in [0.15, 0.2) is 35.7 Å². The van der Waals surface area contributed by atoms with Crippen LogP contribution >= 0.6 is 11.3 Å². The van der Waals surface area contributed by atoms with Crippen molar-refractivity contribution < 1.29 is 32.7 Å². The maximum atomic E-state index is 13.1. The molecule has 2 aromatic rings. The van der Waals surface area contributed by atoms with Gasteiger partial charge in [-0.1, -0.05) is 6.07 Å². The number of quaternary nitrogens is 1. The van der Waals surface area contributed by atoms with Gasteiger partial charge in [-0.05, 0) is 30.5 Å². The molecule has 1 atom stereocenters. The normalized spacial score (nSPS) is 15.1. The monoisotopic (exact) mass is 412 g/mol. The molecule has 0 bridgehead atoms. The van der Waals surface area contributed by atoms with Crippen LogP contribution in [0.25, 0.3) is 0 Å².